The van der Waals surface area contributed by atoms with Gasteiger partial charge in [-0.25, -0.2) is 4.98 Å². The normalized spacial score (nSPS) is 21.5. The number of likely N-dealkylation sites (tertiary alicyclic amines) is 1. The SMILES string of the molecule is CC1CCC(C(=O)O)CN1C(=O)Cn1cnc2sccc2c1=O. The molecule has 1 saturated heterocycles. The molecule has 2 aromatic heterocycles. The van der Waals surface area contributed by atoms with Crippen molar-refractivity contribution in [2.45, 2.75) is 32.4 Å². The minimum Gasteiger partial charge on any atom is -0.481 e. The van der Waals surface area contributed by atoms with E-state index in [9.17, 15) is 14.4 Å². The van der Waals surface area contributed by atoms with E-state index in [-0.39, 0.29) is 30.6 Å². The predicted molar refractivity (Wildman–Crippen MR) is 85.4 cm³/mol. The van der Waals surface area contributed by atoms with Gasteiger partial charge in [0.05, 0.1) is 17.6 Å². The zero-order chi connectivity index (χ0) is 16.6. The number of nitrogens with zero attached hydrogens (tertiary/aromatic N) is 3. The topological polar surface area (TPSA) is 92.5 Å². The van der Waals surface area contributed by atoms with E-state index in [0.717, 1.165) is 0 Å². The van der Waals surface area contributed by atoms with Crippen molar-refractivity contribution in [1.29, 1.82) is 0 Å². The van der Waals surface area contributed by atoms with Crippen molar-refractivity contribution in [3.63, 3.8) is 0 Å². The van der Waals surface area contributed by atoms with Crippen molar-refractivity contribution in [3.05, 3.63) is 28.1 Å². The summed E-state index contributed by atoms with van der Waals surface area (Å²) < 4.78 is 1.29. The highest BCUT2D eigenvalue weighted by atomic mass is 32.1. The maximum Gasteiger partial charge on any atom is 0.308 e. The van der Waals surface area contributed by atoms with Crippen LogP contribution in [0.3, 0.4) is 0 Å². The fraction of sp³-hybridized carbons (Fsp3) is 0.467. The first kappa shape index (κ1) is 15.7. The number of hydrogen-bond acceptors (Lipinski definition) is 5. The van der Waals surface area contributed by atoms with E-state index in [4.69, 9.17) is 5.11 Å². The quantitative estimate of drug-likeness (QED) is 0.909. The molecule has 2 unspecified atom stereocenters. The van der Waals surface area contributed by atoms with E-state index in [1.54, 1.807) is 16.3 Å². The number of aromatic nitrogens is 2. The summed E-state index contributed by atoms with van der Waals surface area (Å²) in [6, 6.07) is 1.67. The second kappa shape index (κ2) is 6.11. The Morgan fingerprint density at radius 1 is 1.43 bits per heavy atom. The average molecular weight is 335 g/mol. The van der Waals surface area contributed by atoms with E-state index >= 15 is 0 Å². The number of thiophene rings is 1. The number of hydrogen-bond donors (Lipinski definition) is 1. The van der Waals surface area contributed by atoms with Gasteiger partial charge in [0, 0.05) is 12.6 Å². The minimum absolute atomic E-state index is 0.0216. The maximum absolute atomic E-state index is 12.5. The molecule has 0 bridgehead atoms. The Morgan fingerprint density at radius 3 is 2.96 bits per heavy atom. The van der Waals surface area contributed by atoms with E-state index < -0.39 is 11.9 Å². The van der Waals surface area contributed by atoms with Crippen LogP contribution < -0.4 is 5.56 Å². The molecule has 1 amide bonds. The number of carboxylic acids is 1. The van der Waals surface area contributed by atoms with Crippen LogP contribution in [0.4, 0.5) is 0 Å². The lowest BCUT2D eigenvalue weighted by molar-refractivity contribution is -0.147. The van der Waals surface area contributed by atoms with Gasteiger partial charge in [0.2, 0.25) is 5.91 Å². The van der Waals surface area contributed by atoms with Gasteiger partial charge >= 0.3 is 5.97 Å². The third kappa shape index (κ3) is 2.98. The molecule has 2 atom stereocenters. The van der Waals surface area contributed by atoms with Crippen LogP contribution in [0.15, 0.2) is 22.6 Å². The summed E-state index contributed by atoms with van der Waals surface area (Å²) in [6.45, 7) is 1.98. The molecule has 0 spiro atoms. The molecule has 0 aliphatic carbocycles. The highest BCUT2D eigenvalue weighted by Gasteiger charge is 2.32. The number of aliphatic carboxylic acids is 1. The highest BCUT2D eigenvalue weighted by molar-refractivity contribution is 7.16. The molecule has 0 saturated carbocycles. The Hall–Kier alpha value is -2.22. The summed E-state index contributed by atoms with van der Waals surface area (Å²) in [5, 5.41) is 11.4. The first-order valence-corrected chi connectivity index (χ1v) is 8.30. The number of amides is 1. The second-order valence-electron chi connectivity index (χ2n) is 5.82. The lowest BCUT2D eigenvalue weighted by Gasteiger charge is -2.36. The predicted octanol–water partition coefficient (Wildman–Crippen LogP) is 1.17. The Kier molecular flexibility index (Phi) is 4.16. The number of fused-ring (bicyclic) bond motifs is 1. The zero-order valence-electron chi connectivity index (χ0n) is 12.6. The van der Waals surface area contributed by atoms with Crippen molar-refractivity contribution in [2.24, 2.45) is 5.92 Å². The largest absolute Gasteiger partial charge is 0.481 e. The molecule has 1 N–H and O–H groups in total. The van der Waals surface area contributed by atoms with Gasteiger partial charge in [0.15, 0.2) is 0 Å². The third-order valence-electron chi connectivity index (χ3n) is 4.31. The molecule has 1 aliphatic rings. The number of carbonyl (C=O) groups excluding carboxylic acids is 1. The van der Waals surface area contributed by atoms with Gasteiger partial charge in [-0.05, 0) is 31.2 Å². The fourth-order valence-corrected chi connectivity index (χ4v) is 3.62. The second-order valence-corrected chi connectivity index (χ2v) is 6.72. The van der Waals surface area contributed by atoms with Gasteiger partial charge in [-0.15, -0.1) is 11.3 Å². The van der Waals surface area contributed by atoms with E-state index in [1.165, 1.54) is 22.2 Å². The van der Waals surface area contributed by atoms with E-state index in [2.05, 4.69) is 4.98 Å². The molecule has 2 aromatic rings. The molecule has 7 nitrogen and oxygen atoms in total. The van der Waals surface area contributed by atoms with Crippen LogP contribution in [0.2, 0.25) is 0 Å². The van der Waals surface area contributed by atoms with Crippen LogP contribution in [-0.2, 0) is 16.1 Å². The van der Waals surface area contributed by atoms with Crippen LogP contribution in [0, 0.1) is 5.92 Å². The van der Waals surface area contributed by atoms with Gasteiger partial charge in [0.25, 0.3) is 5.56 Å². The standard InChI is InChI=1S/C15H17N3O4S/c1-9-2-3-10(15(21)22)6-18(9)12(19)7-17-8-16-13-11(14(17)20)4-5-23-13/h4-5,8-10H,2-3,6-7H2,1H3,(H,21,22). The summed E-state index contributed by atoms with van der Waals surface area (Å²) in [7, 11) is 0. The first-order valence-electron chi connectivity index (χ1n) is 7.42. The summed E-state index contributed by atoms with van der Waals surface area (Å²) >= 11 is 1.38. The highest BCUT2D eigenvalue weighted by Crippen LogP contribution is 2.22. The maximum atomic E-state index is 12.5. The number of carboxylic acid groups (broad SMARTS) is 1. The van der Waals surface area contributed by atoms with E-state index in [0.29, 0.717) is 23.1 Å². The smallest absolute Gasteiger partial charge is 0.308 e. The Morgan fingerprint density at radius 2 is 2.22 bits per heavy atom. The van der Waals surface area contributed by atoms with Crippen LogP contribution in [0.5, 0.6) is 0 Å². The molecule has 122 valence electrons. The molecular weight excluding hydrogens is 318 g/mol. The Labute approximate surface area is 136 Å². The molecule has 0 radical (unpaired) electrons. The van der Waals surface area contributed by atoms with Crippen molar-refractivity contribution in [2.75, 3.05) is 6.54 Å². The summed E-state index contributed by atoms with van der Waals surface area (Å²) in [5.74, 6) is -1.67. The minimum atomic E-state index is -0.881. The molecule has 1 aliphatic heterocycles. The lowest BCUT2D eigenvalue weighted by Crippen LogP contribution is -2.49. The fourth-order valence-electron chi connectivity index (χ4n) is 2.90. The van der Waals surface area contributed by atoms with Gasteiger partial charge < -0.3 is 10.0 Å². The Balaban J connectivity index is 1.80. The van der Waals surface area contributed by atoms with Gasteiger partial charge in [0.1, 0.15) is 11.4 Å². The zero-order valence-corrected chi connectivity index (χ0v) is 13.5. The molecule has 1 fully saturated rings. The first-order chi connectivity index (χ1) is 11.0. The molecular formula is C15H17N3O4S. The summed E-state index contributed by atoms with van der Waals surface area (Å²) in [6.07, 6.45) is 2.60. The van der Waals surface area contributed by atoms with E-state index in [1.807, 2.05) is 6.92 Å². The molecule has 8 heteroatoms. The average Bonchev–Trinajstić information content (AvgIpc) is 2.99. The third-order valence-corrected chi connectivity index (χ3v) is 5.13. The van der Waals surface area contributed by atoms with Crippen LogP contribution in [0.25, 0.3) is 10.2 Å². The molecule has 0 aromatic carbocycles. The van der Waals surface area contributed by atoms with Crippen molar-refractivity contribution in [1.82, 2.24) is 14.5 Å². The number of carbonyl (C=O) groups is 2. The Bertz CT molecular complexity index is 812. The van der Waals surface area contributed by atoms with Crippen molar-refractivity contribution < 1.29 is 14.7 Å². The van der Waals surface area contributed by atoms with Crippen molar-refractivity contribution >= 4 is 33.4 Å². The molecule has 3 rings (SSSR count). The van der Waals surface area contributed by atoms with Gasteiger partial charge in [-0.1, -0.05) is 0 Å². The van der Waals surface area contributed by atoms with Gasteiger partial charge in [-0.2, -0.15) is 0 Å². The van der Waals surface area contributed by atoms with Crippen LogP contribution >= 0.6 is 11.3 Å². The van der Waals surface area contributed by atoms with Crippen LogP contribution in [0.1, 0.15) is 19.8 Å². The molecule has 3 heterocycles. The number of piperidine rings is 1. The van der Waals surface area contributed by atoms with Crippen LogP contribution in [-0.4, -0.2) is 44.0 Å². The summed E-state index contributed by atoms with van der Waals surface area (Å²) in [5.41, 5.74) is -0.246. The number of rotatable bonds is 3. The lowest BCUT2D eigenvalue weighted by atomic mass is 9.93. The van der Waals surface area contributed by atoms with Crippen molar-refractivity contribution in [3.8, 4) is 0 Å². The summed E-state index contributed by atoms with van der Waals surface area (Å²) in [4.78, 5) is 42.4. The van der Waals surface area contributed by atoms with Gasteiger partial charge in [-0.3, -0.25) is 19.0 Å². The molecule has 23 heavy (non-hydrogen) atoms. The monoisotopic (exact) mass is 335 g/mol.